The fourth-order valence-corrected chi connectivity index (χ4v) is 2.70. The van der Waals surface area contributed by atoms with Gasteiger partial charge in [-0.3, -0.25) is 4.21 Å². The lowest BCUT2D eigenvalue weighted by Crippen LogP contribution is -2.12. The van der Waals surface area contributed by atoms with Crippen LogP contribution in [0.2, 0.25) is 0 Å². The van der Waals surface area contributed by atoms with Crippen LogP contribution in [0.15, 0.2) is 9.94 Å². The highest BCUT2D eigenvalue weighted by molar-refractivity contribution is 7.89. The van der Waals surface area contributed by atoms with Crippen molar-refractivity contribution in [2.45, 2.75) is 19.3 Å². The van der Waals surface area contributed by atoms with Gasteiger partial charge in [-0.25, -0.2) is 0 Å². The van der Waals surface area contributed by atoms with Gasteiger partial charge in [-0.1, -0.05) is 11.6 Å². The second-order valence-corrected chi connectivity index (χ2v) is 4.57. The molecule has 1 unspecified atom stereocenters. The lowest BCUT2D eigenvalue weighted by molar-refractivity contribution is 0.680. The lowest BCUT2D eigenvalue weighted by atomic mass is 10.1. The van der Waals surface area contributed by atoms with Crippen molar-refractivity contribution in [2.75, 3.05) is 12.3 Å². The van der Waals surface area contributed by atoms with E-state index in [-0.39, 0.29) is 0 Å². The number of rotatable bonds is 4. The molecule has 0 fully saturated rings. The van der Waals surface area contributed by atoms with Gasteiger partial charge in [0.25, 0.3) is 0 Å². The molecule has 0 heterocycles. The molecule has 0 aromatic rings. The molecule has 4 heteroatoms. The maximum Gasteiger partial charge on any atom is 0.0500 e. The molecule has 64 valence electrons. The van der Waals surface area contributed by atoms with Gasteiger partial charge in [0.1, 0.15) is 0 Å². The highest BCUT2D eigenvalue weighted by Crippen LogP contribution is 2.33. The van der Waals surface area contributed by atoms with Crippen LogP contribution in [-0.4, -0.2) is 16.5 Å². The predicted octanol–water partition coefficient (Wildman–Crippen LogP) is 1.33. The van der Waals surface area contributed by atoms with Crippen LogP contribution in [0, 0.1) is 0 Å². The summed E-state index contributed by atoms with van der Waals surface area (Å²) in [4.78, 5) is 0.945. The standard InChI is InChI=1S/C7H12ClNOS/c8-6-2-3-7(6)11(10)5-1-4-9/h1-5,9H2. The number of hydrogen-bond acceptors (Lipinski definition) is 2. The molecule has 2 N–H and O–H groups in total. The van der Waals surface area contributed by atoms with Gasteiger partial charge in [0.15, 0.2) is 0 Å². The Morgan fingerprint density at radius 3 is 2.64 bits per heavy atom. The predicted molar refractivity (Wildman–Crippen MR) is 48.8 cm³/mol. The minimum absolute atomic E-state index is 0.608. The Morgan fingerprint density at radius 1 is 1.55 bits per heavy atom. The Kier molecular flexibility index (Phi) is 3.55. The molecule has 1 aliphatic rings. The number of halogens is 1. The van der Waals surface area contributed by atoms with E-state index in [1.165, 1.54) is 0 Å². The van der Waals surface area contributed by atoms with E-state index in [9.17, 15) is 4.21 Å². The van der Waals surface area contributed by atoms with Crippen LogP contribution in [0.25, 0.3) is 0 Å². The first kappa shape index (κ1) is 9.23. The largest absolute Gasteiger partial charge is 0.330 e. The van der Waals surface area contributed by atoms with Crippen molar-refractivity contribution in [3.63, 3.8) is 0 Å². The highest BCUT2D eigenvalue weighted by atomic mass is 35.5. The zero-order chi connectivity index (χ0) is 8.27. The maximum absolute atomic E-state index is 11.3. The minimum Gasteiger partial charge on any atom is -0.330 e. The summed E-state index contributed by atoms with van der Waals surface area (Å²) < 4.78 is 11.3. The quantitative estimate of drug-likeness (QED) is 0.732. The SMILES string of the molecule is NCCCS(=O)C1=C(Cl)CC1. The average molecular weight is 194 g/mol. The number of hydrogen-bond donors (Lipinski definition) is 1. The van der Waals surface area contributed by atoms with Crippen LogP contribution in [0.1, 0.15) is 19.3 Å². The number of allylic oxidation sites excluding steroid dienone is 2. The molecule has 0 aromatic carbocycles. The van der Waals surface area contributed by atoms with E-state index in [2.05, 4.69) is 0 Å². The molecule has 0 saturated heterocycles. The van der Waals surface area contributed by atoms with E-state index in [0.717, 1.165) is 29.2 Å². The van der Waals surface area contributed by atoms with E-state index >= 15 is 0 Å². The van der Waals surface area contributed by atoms with E-state index in [1.54, 1.807) is 0 Å². The van der Waals surface area contributed by atoms with Crippen LogP contribution >= 0.6 is 11.6 Å². The Bertz CT molecular complexity index is 203. The Morgan fingerprint density at radius 2 is 2.27 bits per heavy atom. The summed E-state index contributed by atoms with van der Waals surface area (Å²) in [7, 11) is -0.840. The minimum atomic E-state index is -0.840. The molecular formula is C7H12ClNOS. The highest BCUT2D eigenvalue weighted by Gasteiger charge is 2.19. The van der Waals surface area contributed by atoms with Crippen LogP contribution in [-0.2, 0) is 10.8 Å². The maximum atomic E-state index is 11.3. The lowest BCUT2D eigenvalue weighted by Gasteiger charge is -2.17. The van der Waals surface area contributed by atoms with Crippen molar-refractivity contribution in [3.05, 3.63) is 9.94 Å². The van der Waals surface area contributed by atoms with E-state index < -0.39 is 10.8 Å². The third-order valence-electron chi connectivity index (χ3n) is 1.68. The van der Waals surface area contributed by atoms with Gasteiger partial charge in [-0.05, 0) is 25.8 Å². The first-order valence-electron chi connectivity index (χ1n) is 3.71. The second kappa shape index (κ2) is 4.24. The summed E-state index contributed by atoms with van der Waals surface area (Å²) >= 11 is 5.74. The van der Waals surface area contributed by atoms with Crippen molar-refractivity contribution in [1.29, 1.82) is 0 Å². The van der Waals surface area contributed by atoms with Gasteiger partial charge in [0.2, 0.25) is 0 Å². The van der Waals surface area contributed by atoms with Crippen molar-refractivity contribution in [1.82, 2.24) is 0 Å². The Labute approximate surface area is 74.3 Å². The van der Waals surface area contributed by atoms with Crippen molar-refractivity contribution in [3.8, 4) is 0 Å². The Balaban J connectivity index is 2.37. The van der Waals surface area contributed by atoms with Crippen LogP contribution in [0.3, 0.4) is 0 Å². The second-order valence-electron chi connectivity index (χ2n) is 2.52. The van der Waals surface area contributed by atoms with Gasteiger partial charge in [0.05, 0.1) is 10.8 Å². The molecule has 11 heavy (non-hydrogen) atoms. The molecule has 0 radical (unpaired) electrons. The fourth-order valence-electron chi connectivity index (χ4n) is 0.897. The van der Waals surface area contributed by atoms with Gasteiger partial charge < -0.3 is 5.73 Å². The number of nitrogens with two attached hydrogens (primary N) is 1. The molecule has 0 spiro atoms. The molecule has 0 amide bonds. The van der Waals surface area contributed by atoms with Crippen LogP contribution < -0.4 is 5.73 Å². The fraction of sp³-hybridized carbons (Fsp3) is 0.714. The third-order valence-corrected chi connectivity index (χ3v) is 3.87. The normalized spacial score (nSPS) is 19.8. The average Bonchev–Trinajstić information content (AvgIpc) is 1.98. The monoisotopic (exact) mass is 193 g/mol. The summed E-state index contributed by atoms with van der Waals surface area (Å²) in [6.07, 6.45) is 2.64. The van der Waals surface area contributed by atoms with E-state index in [4.69, 9.17) is 17.3 Å². The topological polar surface area (TPSA) is 43.1 Å². The summed E-state index contributed by atoms with van der Waals surface area (Å²) in [6.45, 7) is 0.608. The molecule has 2 nitrogen and oxygen atoms in total. The molecule has 0 aromatic heterocycles. The van der Waals surface area contributed by atoms with Gasteiger partial charge in [0, 0.05) is 15.7 Å². The van der Waals surface area contributed by atoms with Crippen LogP contribution in [0.4, 0.5) is 0 Å². The van der Waals surface area contributed by atoms with Crippen LogP contribution in [0.5, 0.6) is 0 Å². The molecule has 1 atom stereocenters. The van der Waals surface area contributed by atoms with Crippen molar-refractivity contribution in [2.24, 2.45) is 5.73 Å². The summed E-state index contributed by atoms with van der Waals surface area (Å²) in [5.41, 5.74) is 5.29. The first-order chi connectivity index (χ1) is 5.25. The molecule has 0 bridgehead atoms. The molecule has 1 aliphatic carbocycles. The summed E-state index contributed by atoms with van der Waals surface area (Å²) in [5.74, 6) is 0.669. The zero-order valence-electron chi connectivity index (χ0n) is 6.31. The van der Waals surface area contributed by atoms with Gasteiger partial charge in [-0.15, -0.1) is 0 Å². The van der Waals surface area contributed by atoms with Crippen molar-refractivity contribution < 1.29 is 4.21 Å². The zero-order valence-corrected chi connectivity index (χ0v) is 7.88. The van der Waals surface area contributed by atoms with Gasteiger partial charge >= 0.3 is 0 Å². The van der Waals surface area contributed by atoms with Crippen molar-refractivity contribution >= 4 is 22.4 Å². The molecule has 0 saturated carbocycles. The van der Waals surface area contributed by atoms with Gasteiger partial charge in [-0.2, -0.15) is 0 Å². The first-order valence-corrected chi connectivity index (χ1v) is 5.41. The molecule has 1 rings (SSSR count). The smallest absolute Gasteiger partial charge is 0.0500 e. The summed E-state index contributed by atoms with van der Waals surface area (Å²) in [6, 6.07) is 0. The third kappa shape index (κ3) is 2.29. The summed E-state index contributed by atoms with van der Waals surface area (Å²) in [5, 5.41) is 0.806. The molecular weight excluding hydrogens is 182 g/mol. The van der Waals surface area contributed by atoms with E-state index in [1.807, 2.05) is 0 Å². The van der Waals surface area contributed by atoms with E-state index in [0.29, 0.717) is 12.3 Å². The Hall–Kier alpha value is 0.140. The molecule has 0 aliphatic heterocycles.